The lowest BCUT2D eigenvalue weighted by Crippen LogP contribution is -2.15. The van der Waals surface area contributed by atoms with Gasteiger partial charge < -0.3 is 5.32 Å². The third-order valence-electron chi connectivity index (χ3n) is 2.58. The van der Waals surface area contributed by atoms with Crippen molar-refractivity contribution >= 4 is 33.2 Å². The van der Waals surface area contributed by atoms with Gasteiger partial charge in [0.2, 0.25) is 0 Å². The van der Waals surface area contributed by atoms with E-state index in [-0.39, 0.29) is 5.69 Å². The number of nitro groups is 1. The van der Waals surface area contributed by atoms with E-state index in [9.17, 15) is 23.7 Å². The summed E-state index contributed by atoms with van der Waals surface area (Å²) < 4.78 is 27.6. The first-order chi connectivity index (χ1) is 9.88. The van der Waals surface area contributed by atoms with Gasteiger partial charge in [-0.25, -0.2) is 8.78 Å². The molecule has 0 spiro atoms. The number of nitro benzene ring substituents is 1. The van der Waals surface area contributed by atoms with Crippen LogP contribution in [-0.4, -0.2) is 10.8 Å². The Morgan fingerprint density at radius 3 is 2.48 bits per heavy atom. The third kappa shape index (κ3) is 3.40. The van der Waals surface area contributed by atoms with E-state index in [1.165, 1.54) is 12.1 Å². The Kier molecular flexibility index (Phi) is 4.27. The fourth-order valence-electron chi connectivity index (χ4n) is 1.58. The zero-order valence-electron chi connectivity index (χ0n) is 10.3. The summed E-state index contributed by atoms with van der Waals surface area (Å²) in [5.74, 6) is -2.63. The van der Waals surface area contributed by atoms with Crippen LogP contribution in [0.4, 0.5) is 20.2 Å². The molecule has 0 unspecified atom stereocenters. The van der Waals surface area contributed by atoms with Gasteiger partial charge in [0.15, 0.2) is 0 Å². The first-order valence-corrected chi connectivity index (χ1v) is 6.38. The Hall–Kier alpha value is -2.35. The number of anilines is 1. The first-order valence-electron chi connectivity index (χ1n) is 5.59. The van der Waals surface area contributed by atoms with Crippen LogP contribution in [0.2, 0.25) is 0 Å². The van der Waals surface area contributed by atoms with Crippen LogP contribution in [-0.2, 0) is 0 Å². The average Bonchev–Trinajstić information content (AvgIpc) is 2.43. The molecule has 2 aromatic carbocycles. The molecule has 2 rings (SSSR count). The first kappa shape index (κ1) is 15.0. The number of carbonyl (C=O) groups excluding carboxylic acids is 1. The van der Waals surface area contributed by atoms with Crippen LogP contribution in [0.15, 0.2) is 40.9 Å². The molecule has 0 aliphatic carbocycles. The van der Waals surface area contributed by atoms with Gasteiger partial charge in [-0.2, -0.15) is 0 Å². The molecular formula is C13H7BrF2N2O3. The molecule has 0 heterocycles. The van der Waals surface area contributed by atoms with Crippen LogP contribution in [0.1, 0.15) is 10.4 Å². The third-order valence-corrected chi connectivity index (χ3v) is 3.08. The molecular weight excluding hydrogens is 350 g/mol. The van der Waals surface area contributed by atoms with Crippen LogP contribution in [0.5, 0.6) is 0 Å². The Morgan fingerprint density at radius 1 is 1.14 bits per heavy atom. The van der Waals surface area contributed by atoms with Crippen molar-refractivity contribution in [1.29, 1.82) is 0 Å². The van der Waals surface area contributed by atoms with Crippen molar-refractivity contribution in [2.24, 2.45) is 0 Å². The van der Waals surface area contributed by atoms with Gasteiger partial charge in [0, 0.05) is 16.6 Å². The van der Waals surface area contributed by atoms with Crippen LogP contribution < -0.4 is 5.32 Å². The molecule has 0 saturated carbocycles. The van der Waals surface area contributed by atoms with Gasteiger partial charge in [0.25, 0.3) is 11.6 Å². The molecule has 0 aromatic heterocycles. The number of nitrogens with zero attached hydrogens (tertiary/aromatic N) is 1. The highest BCUT2D eigenvalue weighted by Crippen LogP contribution is 2.22. The molecule has 0 aliphatic heterocycles. The van der Waals surface area contributed by atoms with E-state index in [1.807, 2.05) is 0 Å². The predicted octanol–water partition coefficient (Wildman–Crippen LogP) is 3.89. The predicted molar refractivity (Wildman–Crippen MR) is 75.1 cm³/mol. The summed E-state index contributed by atoms with van der Waals surface area (Å²) in [6.07, 6.45) is 0. The standard InChI is InChI=1S/C13H7BrF2N2O3/c14-7-1-3-11(16)12(5-7)17-13(19)9-6-8(18(20)21)2-4-10(9)15/h1-6H,(H,17,19). The SMILES string of the molecule is O=C(Nc1cc(Br)ccc1F)c1cc([N+](=O)[O-])ccc1F. The van der Waals surface area contributed by atoms with Crippen LogP contribution >= 0.6 is 15.9 Å². The van der Waals surface area contributed by atoms with Gasteiger partial charge in [-0.05, 0) is 24.3 Å². The lowest BCUT2D eigenvalue weighted by molar-refractivity contribution is -0.384. The van der Waals surface area contributed by atoms with Crippen molar-refractivity contribution < 1.29 is 18.5 Å². The summed E-state index contributed by atoms with van der Waals surface area (Å²) in [6.45, 7) is 0. The van der Waals surface area contributed by atoms with Crippen molar-refractivity contribution in [1.82, 2.24) is 0 Å². The molecule has 21 heavy (non-hydrogen) atoms. The number of amides is 1. The summed E-state index contributed by atoms with van der Waals surface area (Å²) in [5.41, 5.74) is -1.14. The number of nitrogens with one attached hydrogen (secondary N) is 1. The smallest absolute Gasteiger partial charge is 0.270 e. The molecule has 8 heteroatoms. The lowest BCUT2D eigenvalue weighted by atomic mass is 10.1. The molecule has 2 aromatic rings. The van der Waals surface area contributed by atoms with E-state index >= 15 is 0 Å². The number of rotatable bonds is 3. The molecule has 1 N–H and O–H groups in total. The van der Waals surface area contributed by atoms with Gasteiger partial charge in [0.05, 0.1) is 16.2 Å². The Morgan fingerprint density at radius 2 is 1.81 bits per heavy atom. The summed E-state index contributed by atoms with van der Waals surface area (Å²) in [6, 6.07) is 6.38. The van der Waals surface area contributed by atoms with Gasteiger partial charge >= 0.3 is 0 Å². The summed E-state index contributed by atoms with van der Waals surface area (Å²) in [4.78, 5) is 21.8. The zero-order chi connectivity index (χ0) is 15.6. The minimum atomic E-state index is -0.979. The highest BCUT2D eigenvalue weighted by atomic mass is 79.9. The van der Waals surface area contributed by atoms with Gasteiger partial charge in [-0.1, -0.05) is 15.9 Å². The highest BCUT2D eigenvalue weighted by molar-refractivity contribution is 9.10. The van der Waals surface area contributed by atoms with Crippen molar-refractivity contribution in [3.63, 3.8) is 0 Å². The zero-order valence-corrected chi connectivity index (χ0v) is 11.9. The molecule has 0 aliphatic rings. The fraction of sp³-hybridized carbons (Fsp3) is 0. The fourth-order valence-corrected chi connectivity index (χ4v) is 1.94. The number of non-ortho nitro benzene ring substituents is 1. The summed E-state index contributed by atoms with van der Waals surface area (Å²) in [5, 5.41) is 12.8. The quantitative estimate of drug-likeness (QED) is 0.669. The summed E-state index contributed by atoms with van der Waals surface area (Å²) >= 11 is 3.11. The molecule has 5 nitrogen and oxygen atoms in total. The van der Waals surface area contributed by atoms with Crippen LogP contribution in [0, 0.1) is 21.7 Å². The van der Waals surface area contributed by atoms with Crippen LogP contribution in [0.3, 0.4) is 0 Å². The van der Waals surface area contributed by atoms with Gasteiger partial charge in [-0.15, -0.1) is 0 Å². The largest absolute Gasteiger partial charge is 0.319 e. The number of carbonyl (C=O) groups is 1. The second-order valence-corrected chi connectivity index (χ2v) is 4.92. The minimum Gasteiger partial charge on any atom is -0.319 e. The maximum Gasteiger partial charge on any atom is 0.270 e. The molecule has 0 fully saturated rings. The number of hydrogen-bond acceptors (Lipinski definition) is 3. The average molecular weight is 357 g/mol. The van der Waals surface area contributed by atoms with Crippen molar-refractivity contribution in [3.05, 3.63) is 68.2 Å². The Bertz CT molecular complexity index is 737. The lowest BCUT2D eigenvalue weighted by Gasteiger charge is -2.07. The van der Waals surface area contributed by atoms with E-state index in [4.69, 9.17) is 0 Å². The second kappa shape index (κ2) is 5.96. The number of benzene rings is 2. The van der Waals surface area contributed by atoms with E-state index in [0.29, 0.717) is 4.47 Å². The van der Waals surface area contributed by atoms with E-state index in [1.54, 1.807) is 0 Å². The molecule has 0 saturated heterocycles. The molecule has 0 bridgehead atoms. The summed E-state index contributed by atoms with van der Waals surface area (Å²) in [7, 11) is 0. The topological polar surface area (TPSA) is 72.2 Å². The Labute approximate surface area is 125 Å². The maximum atomic E-state index is 13.6. The molecule has 108 valence electrons. The molecule has 1 amide bonds. The van der Waals surface area contributed by atoms with E-state index in [0.717, 1.165) is 24.3 Å². The van der Waals surface area contributed by atoms with Crippen molar-refractivity contribution in [3.8, 4) is 0 Å². The maximum absolute atomic E-state index is 13.6. The van der Waals surface area contributed by atoms with E-state index < -0.39 is 33.7 Å². The van der Waals surface area contributed by atoms with Crippen molar-refractivity contribution in [2.45, 2.75) is 0 Å². The minimum absolute atomic E-state index is 0.166. The number of halogens is 3. The Balaban J connectivity index is 2.34. The van der Waals surface area contributed by atoms with Gasteiger partial charge in [0.1, 0.15) is 11.6 Å². The molecule has 0 atom stereocenters. The normalized spacial score (nSPS) is 10.2. The van der Waals surface area contributed by atoms with E-state index in [2.05, 4.69) is 21.2 Å². The van der Waals surface area contributed by atoms with Crippen molar-refractivity contribution in [2.75, 3.05) is 5.32 Å². The molecule has 0 radical (unpaired) electrons. The second-order valence-electron chi connectivity index (χ2n) is 4.00. The highest BCUT2D eigenvalue weighted by Gasteiger charge is 2.18. The number of hydrogen-bond donors (Lipinski definition) is 1. The van der Waals surface area contributed by atoms with Crippen LogP contribution in [0.25, 0.3) is 0 Å². The van der Waals surface area contributed by atoms with Gasteiger partial charge in [-0.3, -0.25) is 14.9 Å². The monoisotopic (exact) mass is 356 g/mol.